The molecule has 0 unspecified atom stereocenters. The van der Waals surface area contributed by atoms with Gasteiger partial charge in [0.15, 0.2) is 17.3 Å². The van der Waals surface area contributed by atoms with E-state index in [4.69, 9.17) is 9.47 Å². The van der Waals surface area contributed by atoms with E-state index in [1.807, 2.05) is 18.2 Å². The van der Waals surface area contributed by atoms with Crippen LogP contribution < -0.4 is 14.8 Å². The van der Waals surface area contributed by atoms with E-state index in [1.165, 1.54) is 14.0 Å². The normalized spacial score (nSPS) is 10.1. The topological polar surface area (TPSA) is 64.6 Å². The second-order valence-electron chi connectivity index (χ2n) is 5.29. The maximum Gasteiger partial charge on any atom is 0.216 e. The van der Waals surface area contributed by atoms with Crippen LogP contribution in [0.2, 0.25) is 0 Å². The zero-order valence-electron chi connectivity index (χ0n) is 14.1. The monoisotopic (exact) mass is 327 g/mol. The van der Waals surface area contributed by atoms with Gasteiger partial charge in [-0.15, -0.1) is 0 Å². The van der Waals surface area contributed by atoms with Crippen LogP contribution in [0.1, 0.15) is 28.4 Å². The quantitative estimate of drug-likeness (QED) is 0.794. The number of methoxy groups -OCH3 is 2. The molecule has 0 saturated heterocycles. The molecule has 0 atom stereocenters. The molecule has 0 aliphatic carbocycles. The highest BCUT2D eigenvalue weighted by molar-refractivity contribution is 6.10. The van der Waals surface area contributed by atoms with E-state index in [-0.39, 0.29) is 11.7 Å². The average molecular weight is 327 g/mol. The standard InChI is InChI=1S/C19H21NO4/c1-13(21)20-10-9-15-11-17(23-2)18(24-3)12-16(15)19(22)14-7-5-4-6-8-14/h4-8,11-12H,9-10H2,1-3H3,(H,20,21). The summed E-state index contributed by atoms with van der Waals surface area (Å²) < 4.78 is 10.6. The van der Waals surface area contributed by atoms with Gasteiger partial charge in [0.2, 0.25) is 5.91 Å². The van der Waals surface area contributed by atoms with Crippen LogP contribution in [0.4, 0.5) is 0 Å². The lowest BCUT2D eigenvalue weighted by atomic mass is 9.95. The molecule has 0 aromatic heterocycles. The van der Waals surface area contributed by atoms with Crippen molar-refractivity contribution in [3.63, 3.8) is 0 Å². The minimum Gasteiger partial charge on any atom is -0.493 e. The van der Waals surface area contributed by atoms with Crippen LogP contribution in [0.15, 0.2) is 42.5 Å². The third-order valence-corrected chi connectivity index (χ3v) is 3.66. The minimum absolute atomic E-state index is 0.0885. The summed E-state index contributed by atoms with van der Waals surface area (Å²) in [7, 11) is 3.08. The average Bonchev–Trinajstić information content (AvgIpc) is 2.61. The van der Waals surface area contributed by atoms with Crippen molar-refractivity contribution in [2.24, 2.45) is 0 Å². The molecule has 0 aliphatic heterocycles. The number of carbonyl (C=O) groups is 2. The Bertz CT molecular complexity index is 726. The largest absolute Gasteiger partial charge is 0.493 e. The molecule has 0 bridgehead atoms. The Hall–Kier alpha value is -2.82. The van der Waals surface area contributed by atoms with E-state index < -0.39 is 0 Å². The van der Waals surface area contributed by atoms with Gasteiger partial charge >= 0.3 is 0 Å². The van der Waals surface area contributed by atoms with Crippen molar-refractivity contribution in [3.05, 3.63) is 59.2 Å². The summed E-state index contributed by atoms with van der Waals surface area (Å²) in [5.41, 5.74) is 1.95. The van der Waals surface area contributed by atoms with Crippen molar-refractivity contribution in [1.82, 2.24) is 5.32 Å². The molecule has 5 heteroatoms. The smallest absolute Gasteiger partial charge is 0.216 e. The molecular formula is C19H21NO4. The summed E-state index contributed by atoms with van der Waals surface area (Å²) in [4.78, 5) is 23.9. The van der Waals surface area contributed by atoms with Crippen molar-refractivity contribution >= 4 is 11.7 Å². The summed E-state index contributed by atoms with van der Waals surface area (Å²) >= 11 is 0. The number of hydrogen-bond donors (Lipinski definition) is 1. The fourth-order valence-electron chi connectivity index (χ4n) is 2.46. The fourth-order valence-corrected chi connectivity index (χ4v) is 2.46. The van der Waals surface area contributed by atoms with Crippen LogP contribution in [-0.2, 0) is 11.2 Å². The van der Waals surface area contributed by atoms with Gasteiger partial charge in [-0.25, -0.2) is 0 Å². The van der Waals surface area contributed by atoms with E-state index in [2.05, 4.69) is 5.32 Å². The Labute approximate surface area is 141 Å². The number of ketones is 1. The van der Waals surface area contributed by atoms with Gasteiger partial charge in [-0.1, -0.05) is 30.3 Å². The second kappa shape index (κ2) is 8.15. The van der Waals surface area contributed by atoms with Crippen molar-refractivity contribution in [2.75, 3.05) is 20.8 Å². The minimum atomic E-state index is -0.105. The van der Waals surface area contributed by atoms with Crippen LogP contribution in [0.25, 0.3) is 0 Å². The zero-order valence-corrected chi connectivity index (χ0v) is 14.1. The van der Waals surface area contributed by atoms with Crippen molar-refractivity contribution < 1.29 is 19.1 Å². The third kappa shape index (κ3) is 4.13. The van der Waals surface area contributed by atoms with Gasteiger partial charge in [0.25, 0.3) is 0 Å². The summed E-state index contributed by atoms with van der Waals surface area (Å²) in [6.07, 6.45) is 0.522. The number of nitrogens with one attached hydrogen (secondary N) is 1. The first-order valence-electron chi connectivity index (χ1n) is 7.66. The summed E-state index contributed by atoms with van der Waals surface area (Å²) in [5.74, 6) is 0.862. The summed E-state index contributed by atoms with van der Waals surface area (Å²) in [6.45, 7) is 1.91. The van der Waals surface area contributed by atoms with Gasteiger partial charge in [0.05, 0.1) is 14.2 Å². The number of benzene rings is 2. The van der Waals surface area contributed by atoms with Crippen LogP contribution >= 0.6 is 0 Å². The molecule has 2 aromatic rings. The van der Waals surface area contributed by atoms with E-state index in [0.29, 0.717) is 35.6 Å². The Balaban J connectivity index is 2.42. The molecule has 1 amide bonds. The van der Waals surface area contributed by atoms with Gasteiger partial charge in [-0.2, -0.15) is 0 Å². The van der Waals surface area contributed by atoms with Gasteiger partial charge in [-0.05, 0) is 24.1 Å². The fraction of sp³-hybridized carbons (Fsp3) is 0.263. The number of rotatable bonds is 7. The highest BCUT2D eigenvalue weighted by Gasteiger charge is 2.18. The van der Waals surface area contributed by atoms with Gasteiger partial charge in [0.1, 0.15) is 0 Å². The van der Waals surface area contributed by atoms with Gasteiger partial charge < -0.3 is 14.8 Å². The third-order valence-electron chi connectivity index (χ3n) is 3.66. The molecule has 2 aromatic carbocycles. The molecule has 0 spiro atoms. The Morgan fingerprint density at radius 2 is 1.62 bits per heavy atom. The first kappa shape index (κ1) is 17.5. The summed E-state index contributed by atoms with van der Waals surface area (Å²) in [5, 5.41) is 2.74. The van der Waals surface area contributed by atoms with E-state index in [1.54, 1.807) is 31.4 Å². The molecule has 0 saturated carbocycles. The number of carbonyl (C=O) groups excluding carboxylic acids is 2. The maximum atomic E-state index is 12.8. The lowest BCUT2D eigenvalue weighted by Gasteiger charge is -2.15. The van der Waals surface area contributed by atoms with E-state index in [9.17, 15) is 9.59 Å². The lowest BCUT2D eigenvalue weighted by molar-refractivity contribution is -0.118. The zero-order chi connectivity index (χ0) is 17.5. The molecule has 5 nitrogen and oxygen atoms in total. The predicted molar refractivity (Wildman–Crippen MR) is 91.8 cm³/mol. The van der Waals surface area contributed by atoms with Crippen LogP contribution in [0, 0.1) is 0 Å². The second-order valence-corrected chi connectivity index (χ2v) is 5.29. The first-order valence-corrected chi connectivity index (χ1v) is 7.66. The molecule has 0 aliphatic rings. The highest BCUT2D eigenvalue weighted by Crippen LogP contribution is 2.32. The molecule has 2 rings (SSSR count). The Morgan fingerprint density at radius 1 is 1.00 bits per heavy atom. The molecule has 1 N–H and O–H groups in total. The SMILES string of the molecule is COc1cc(CCNC(C)=O)c(C(=O)c2ccccc2)cc1OC. The summed E-state index contributed by atoms with van der Waals surface area (Å²) in [6, 6.07) is 12.5. The molecule has 0 radical (unpaired) electrons. The van der Waals surface area contributed by atoms with E-state index >= 15 is 0 Å². The molecule has 24 heavy (non-hydrogen) atoms. The molecule has 126 valence electrons. The lowest BCUT2D eigenvalue weighted by Crippen LogP contribution is -2.23. The molecular weight excluding hydrogens is 306 g/mol. The number of amides is 1. The maximum absolute atomic E-state index is 12.8. The van der Waals surface area contributed by atoms with Crippen molar-refractivity contribution in [3.8, 4) is 11.5 Å². The van der Waals surface area contributed by atoms with Crippen molar-refractivity contribution in [2.45, 2.75) is 13.3 Å². The molecule has 0 fully saturated rings. The van der Waals surface area contributed by atoms with Gasteiger partial charge in [-0.3, -0.25) is 9.59 Å². The molecule has 0 heterocycles. The predicted octanol–water partition coefficient (Wildman–Crippen LogP) is 2.61. The van der Waals surface area contributed by atoms with Crippen molar-refractivity contribution in [1.29, 1.82) is 0 Å². The van der Waals surface area contributed by atoms with Crippen LogP contribution in [-0.4, -0.2) is 32.5 Å². The van der Waals surface area contributed by atoms with Gasteiger partial charge in [0, 0.05) is 24.6 Å². The Kier molecular flexibility index (Phi) is 5.95. The first-order chi connectivity index (χ1) is 11.6. The highest BCUT2D eigenvalue weighted by atomic mass is 16.5. The van der Waals surface area contributed by atoms with E-state index in [0.717, 1.165) is 5.56 Å². The number of ether oxygens (including phenoxy) is 2. The van der Waals surface area contributed by atoms with Crippen LogP contribution in [0.3, 0.4) is 0 Å². The number of hydrogen-bond acceptors (Lipinski definition) is 4. The Morgan fingerprint density at radius 3 is 2.21 bits per heavy atom. The van der Waals surface area contributed by atoms with Crippen LogP contribution in [0.5, 0.6) is 11.5 Å².